The minimum absolute atomic E-state index is 0.137. The molecule has 1 atom stereocenters. The molecule has 1 aromatic carbocycles. The van der Waals surface area contributed by atoms with Crippen LogP contribution in [0, 0.1) is 0 Å². The van der Waals surface area contributed by atoms with Gasteiger partial charge >= 0.3 is 5.97 Å². The Morgan fingerprint density at radius 3 is 2.47 bits per heavy atom. The highest BCUT2D eigenvalue weighted by atomic mass is 35.5. The molecule has 1 N–H and O–H groups in total. The van der Waals surface area contributed by atoms with Crippen LogP contribution in [0.2, 0.25) is 10.0 Å². The van der Waals surface area contributed by atoms with Crippen LogP contribution in [0.3, 0.4) is 0 Å². The monoisotopic (exact) mass is 303 g/mol. The zero-order valence-corrected chi connectivity index (χ0v) is 13.1. The Balaban J connectivity index is 3.19. The van der Waals surface area contributed by atoms with Crippen LogP contribution < -0.4 is 0 Å². The molecule has 3 nitrogen and oxygen atoms in total. The van der Waals surface area contributed by atoms with Gasteiger partial charge in [-0.2, -0.15) is 0 Å². The number of carbonyl (C=O) groups is 1. The average molecular weight is 304 g/mol. The number of rotatable bonds is 5. The minimum Gasteiger partial charge on any atom is -0.480 e. The number of carboxylic acid groups (broad SMARTS) is 1. The van der Waals surface area contributed by atoms with Crippen molar-refractivity contribution in [3.63, 3.8) is 0 Å². The number of hydrogen-bond acceptors (Lipinski definition) is 2. The van der Waals surface area contributed by atoms with Crippen LogP contribution in [0.15, 0.2) is 18.2 Å². The number of nitrogens with zero attached hydrogens (tertiary/aromatic N) is 1. The smallest absolute Gasteiger partial charge is 0.323 e. The summed E-state index contributed by atoms with van der Waals surface area (Å²) < 4.78 is 0. The van der Waals surface area contributed by atoms with Crippen LogP contribution in [-0.2, 0) is 4.79 Å². The fraction of sp³-hybridized carbons (Fsp3) is 0.500. The topological polar surface area (TPSA) is 40.5 Å². The fourth-order valence-electron chi connectivity index (χ4n) is 2.29. The van der Waals surface area contributed by atoms with E-state index in [0.29, 0.717) is 16.6 Å². The number of hydrogen-bond donors (Lipinski definition) is 1. The van der Waals surface area contributed by atoms with Crippen LogP contribution in [-0.4, -0.2) is 28.1 Å². The van der Waals surface area contributed by atoms with Crippen LogP contribution in [0.25, 0.3) is 0 Å². The van der Waals surface area contributed by atoms with Gasteiger partial charge in [-0.1, -0.05) is 42.3 Å². The summed E-state index contributed by atoms with van der Waals surface area (Å²) in [5.74, 6) is -0.862. The quantitative estimate of drug-likeness (QED) is 0.884. The summed E-state index contributed by atoms with van der Waals surface area (Å²) in [7, 11) is 0. The molecule has 106 valence electrons. The van der Waals surface area contributed by atoms with Gasteiger partial charge < -0.3 is 5.11 Å². The normalized spacial score (nSPS) is 13.6. The summed E-state index contributed by atoms with van der Waals surface area (Å²) in [4.78, 5) is 13.3. The van der Waals surface area contributed by atoms with Gasteiger partial charge in [-0.05, 0) is 38.9 Å². The van der Waals surface area contributed by atoms with Gasteiger partial charge in [0.1, 0.15) is 5.54 Å². The Bertz CT molecular complexity index is 475. The molecule has 0 amide bonds. The predicted molar refractivity (Wildman–Crippen MR) is 79.0 cm³/mol. The molecule has 1 aromatic rings. The van der Waals surface area contributed by atoms with Crippen LogP contribution in [0.1, 0.15) is 39.3 Å². The molecule has 0 saturated carbocycles. The minimum atomic E-state index is -0.972. The first-order valence-electron chi connectivity index (χ1n) is 6.17. The maximum atomic E-state index is 11.4. The van der Waals surface area contributed by atoms with Crippen molar-refractivity contribution in [1.82, 2.24) is 4.90 Å². The molecule has 0 radical (unpaired) electrons. The lowest BCUT2D eigenvalue weighted by Gasteiger charge is -2.39. The first kappa shape index (κ1) is 16.3. The zero-order chi connectivity index (χ0) is 14.8. The van der Waals surface area contributed by atoms with Gasteiger partial charge in [0, 0.05) is 6.04 Å². The standard InChI is InChI=1S/C14H19Cl2NO2/c1-5-17(14(3,4)13(18)19)9(2)10-7-6-8-11(15)12(10)16/h6-9H,5H2,1-4H3,(H,18,19). The third kappa shape index (κ3) is 3.22. The lowest BCUT2D eigenvalue weighted by atomic mass is 9.97. The molecule has 0 aliphatic heterocycles. The molecule has 0 aromatic heterocycles. The highest BCUT2D eigenvalue weighted by molar-refractivity contribution is 6.42. The maximum absolute atomic E-state index is 11.4. The first-order chi connectivity index (χ1) is 8.73. The van der Waals surface area contributed by atoms with Crippen molar-refractivity contribution in [2.45, 2.75) is 39.3 Å². The summed E-state index contributed by atoms with van der Waals surface area (Å²) in [6.07, 6.45) is 0. The summed E-state index contributed by atoms with van der Waals surface area (Å²) in [6, 6.07) is 5.28. The van der Waals surface area contributed by atoms with Crippen molar-refractivity contribution >= 4 is 29.2 Å². The van der Waals surface area contributed by atoms with Gasteiger partial charge in [-0.3, -0.25) is 9.69 Å². The highest BCUT2D eigenvalue weighted by Gasteiger charge is 2.37. The van der Waals surface area contributed by atoms with Crippen molar-refractivity contribution in [3.05, 3.63) is 33.8 Å². The van der Waals surface area contributed by atoms with Crippen LogP contribution in [0.4, 0.5) is 0 Å². The van der Waals surface area contributed by atoms with Crippen molar-refractivity contribution in [3.8, 4) is 0 Å². The van der Waals surface area contributed by atoms with E-state index in [1.807, 2.05) is 30.9 Å². The van der Waals surface area contributed by atoms with Crippen molar-refractivity contribution in [2.75, 3.05) is 6.54 Å². The number of likely N-dealkylation sites (N-methyl/N-ethyl adjacent to an activating group) is 1. The lowest BCUT2D eigenvalue weighted by molar-refractivity contribution is -0.150. The van der Waals surface area contributed by atoms with E-state index in [-0.39, 0.29) is 6.04 Å². The van der Waals surface area contributed by atoms with Gasteiger partial charge in [-0.25, -0.2) is 0 Å². The number of benzene rings is 1. The summed E-state index contributed by atoms with van der Waals surface area (Å²) >= 11 is 12.2. The average Bonchev–Trinajstić information content (AvgIpc) is 2.32. The van der Waals surface area contributed by atoms with Gasteiger partial charge in [0.15, 0.2) is 0 Å². The van der Waals surface area contributed by atoms with Crippen LogP contribution in [0.5, 0.6) is 0 Å². The first-order valence-corrected chi connectivity index (χ1v) is 6.93. The largest absolute Gasteiger partial charge is 0.480 e. The van der Waals surface area contributed by atoms with E-state index in [0.717, 1.165) is 5.56 Å². The number of halogens is 2. The molecule has 1 unspecified atom stereocenters. The Labute approximate surface area is 124 Å². The van der Waals surface area contributed by atoms with Crippen molar-refractivity contribution in [2.24, 2.45) is 0 Å². The van der Waals surface area contributed by atoms with E-state index in [2.05, 4.69) is 0 Å². The molecule has 0 fully saturated rings. The van der Waals surface area contributed by atoms with Crippen molar-refractivity contribution in [1.29, 1.82) is 0 Å². The number of aliphatic carboxylic acids is 1. The van der Waals surface area contributed by atoms with Crippen LogP contribution >= 0.6 is 23.2 Å². The second-order valence-electron chi connectivity index (χ2n) is 4.97. The second-order valence-corrected chi connectivity index (χ2v) is 5.75. The van der Waals surface area contributed by atoms with Gasteiger partial charge in [0.05, 0.1) is 10.0 Å². The highest BCUT2D eigenvalue weighted by Crippen LogP contribution is 2.35. The Kier molecular flexibility index (Phi) is 5.25. The zero-order valence-electron chi connectivity index (χ0n) is 11.6. The summed E-state index contributed by atoms with van der Waals surface area (Å²) in [5, 5.41) is 10.3. The van der Waals surface area contributed by atoms with Gasteiger partial charge in [0.25, 0.3) is 0 Å². The van der Waals surface area contributed by atoms with E-state index in [9.17, 15) is 9.90 Å². The van der Waals surface area contributed by atoms with E-state index in [1.165, 1.54) is 0 Å². The fourth-order valence-corrected chi connectivity index (χ4v) is 2.75. The van der Waals surface area contributed by atoms with Gasteiger partial charge in [-0.15, -0.1) is 0 Å². The molecule has 0 saturated heterocycles. The summed E-state index contributed by atoms with van der Waals surface area (Å²) in [5.41, 5.74) is -0.134. The maximum Gasteiger partial charge on any atom is 0.323 e. The molecule has 0 heterocycles. The van der Waals surface area contributed by atoms with E-state index in [1.54, 1.807) is 19.9 Å². The SMILES string of the molecule is CCN(C(C)c1cccc(Cl)c1Cl)C(C)(C)C(=O)O. The molecule has 0 aliphatic carbocycles. The Hall–Kier alpha value is -0.770. The van der Waals surface area contributed by atoms with E-state index < -0.39 is 11.5 Å². The van der Waals surface area contributed by atoms with E-state index in [4.69, 9.17) is 23.2 Å². The van der Waals surface area contributed by atoms with Gasteiger partial charge in [0.2, 0.25) is 0 Å². The lowest BCUT2D eigenvalue weighted by Crippen LogP contribution is -2.51. The Morgan fingerprint density at radius 1 is 1.42 bits per heavy atom. The Morgan fingerprint density at radius 2 is 2.00 bits per heavy atom. The molecular weight excluding hydrogens is 285 g/mol. The number of carboxylic acids is 1. The second kappa shape index (κ2) is 6.12. The summed E-state index contributed by atoms with van der Waals surface area (Å²) in [6.45, 7) is 7.84. The molecule has 0 spiro atoms. The molecule has 19 heavy (non-hydrogen) atoms. The molecule has 5 heteroatoms. The van der Waals surface area contributed by atoms with E-state index >= 15 is 0 Å². The molecule has 0 bridgehead atoms. The third-order valence-electron chi connectivity index (χ3n) is 3.48. The predicted octanol–water partition coefficient (Wildman–Crippen LogP) is 4.24. The molecule has 1 rings (SSSR count). The molecular formula is C14H19Cl2NO2. The molecule has 0 aliphatic rings. The third-order valence-corrected chi connectivity index (χ3v) is 4.31. The van der Waals surface area contributed by atoms with Crippen molar-refractivity contribution < 1.29 is 9.90 Å².